The van der Waals surface area contributed by atoms with Crippen molar-refractivity contribution in [1.82, 2.24) is 0 Å². The van der Waals surface area contributed by atoms with Gasteiger partial charge in [0.05, 0.1) is 0 Å². The van der Waals surface area contributed by atoms with E-state index in [1.54, 1.807) is 0 Å². The van der Waals surface area contributed by atoms with Crippen LogP contribution in [0, 0.1) is 0 Å². The first kappa shape index (κ1) is 26.2. The number of rotatable bonds is 2. The second kappa shape index (κ2) is 9.12. The van der Waals surface area contributed by atoms with Crippen LogP contribution in [0.1, 0.15) is 25.0 Å². The van der Waals surface area contributed by atoms with E-state index >= 15 is 0 Å². The highest BCUT2D eigenvalue weighted by molar-refractivity contribution is 6.23. The van der Waals surface area contributed by atoms with E-state index in [1.807, 2.05) is 12.1 Å². The van der Waals surface area contributed by atoms with E-state index < -0.39 is 0 Å². The van der Waals surface area contributed by atoms with Crippen LogP contribution in [0.4, 0.5) is 0 Å². The second-order valence-electron chi connectivity index (χ2n) is 14.1. The van der Waals surface area contributed by atoms with E-state index in [1.165, 1.54) is 87.6 Å². The van der Waals surface area contributed by atoms with Gasteiger partial charge >= 0.3 is 0 Å². The molecule has 224 valence electrons. The van der Waals surface area contributed by atoms with Crippen molar-refractivity contribution >= 4 is 65.0 Å². The van der Waals surface area contributed by atoms with Gasteiger partial charge in [-0.1, -0.05) is 123 Å². The van der Waals surface area contributed by atoms with Crippen LogP contribution in [0.5, 0.6) is 0 Å². The van der Waals surface area contributed by atoms with Crippen LogP contribution < -0.4 is 0 Å². The van der Waals surface area contributed by atoms with Gasteiger partial charge in [0.15, 0.2) is 0 Å². The fourth-order valence-electron chi connectivity index (χ4n) is 8.84. The molecule has 0 amide bonds. The van der Waals surface area contributed by atoms with Crippen LogP contribution in [-0.4, -0.2) is 0 Å². The summed E-state index contributed by atoms with van der Waals surface area (Å²) in [5, 5.41) is 12.9. The maximum Gasteiger partial charge on any atom is 0.135 e. The largest absolute Gasteiger partial charge is 0.456 e. The summed E-state index contributed by atoms with van der Waals surface area (Å²) in [5.41, 5.74) is 12.2. The molecule has 1 aromatic heterocycles. The number of hydrogen-bond acceptors (Lipinski definition) is 1. The first-order chi connectivity index (χ1) is 23.5. The van der Waals surface area contributed by atoms with Crippen molar-refractivity contribution in [3.05, 3.63) is 157 Å². The zero-order valence-corrected chi connectivity index (χ0v) is 26.8. The fraction of sp³-hybridized carbons (Fsp3) is 0.0638. The predicted molar refractivity (Wildman–Crippen MR) is 203 cm³/mol. The van der Waals surface area contributed by atoms with Crippen LogP contribution >= 0.6 is 0 Å². The summed E-state index contributed by atoms with van der Waals surface area (Å²) in [4.78, 5) is 0. The van der Waals surface area contributed by atoms with Crippen LogP contribution in [0.15, 0.2) is 150 Å². The van der Waals surface area contributed by atoms with E-state index in [0.29, 0.717) is 0 Å². The van der Waals surface area contributed by atoms with Gasteiger partial charge in [0.25, 0.3) is 0 Å². The molecule has 0 atom stereocenters. The third-order valence-electron chi connectivity index (χ3n) is 11.2. The van der Waals surface area contributed by atoms with E-state index in [0.717, 1.165) is 21.9 Å². The molecule has 1 heterocycles. The van der Waals surface area contributed by atoms with Crippen molar-refractivity contribution in [3.63, 3.8) is 0 Å². The smallest absolute Gasteiger partial charge is 0.135 e. The molecule has 9 aromatic carbocycles. The van der Waals surface area contributed by atoms with Gasteiger partial charge in [-0.05, 0) is 124 Å². The molecule has 0 fully saturated rings. The SMILES string of the molecule is CC1(C)c2cc(-c3cc4ccc5cccc6ccc(c3)c4c56)ccc2-c2c1ccc1c(-c3ccc4oc5ccccc5c4c3)cccc21. The summed E-state index contributed by atoms with van der Waals surface area (Å²) >= 11 is 0. The first-order valence-corrected chi connectivity index (χ1v) is 16.8. The Labute approximate surface area is 278 Å². The maximum absolute atomic E-state index is 6.14. The molecule has 0 spiro atoms. The third-order valence-corrected chi connectivity index (χ3v) is 11.2. The summed E-state index contributed by atoms with van der Waals surface area (Å²) in [5.74, 6) is 0. The van der Waals surface area contributed by atoms with Crippen LogP contribution in [0.25, 0.3) is 98.4 Å². The molecule has 0 unspecified atom stereocenters. The molecule has 1 aliphatic rings. The summed E-state index contributed by atoms with van der Waals surface area (Å²) in [6.07, 6.45) is 0. The van der Waals surface area contributed by atoms with E-state index in [4.69, 9.17) is 4.42 Å². The zero-order valence-electron chi connectivity index (χ0n) is 26.8. The molecule has 1 heteroatoms. The first-order valence-electron chi connectivity index (χ1n) is 16.8. The summed E-state index contributed by atoms with van der Waals surface area (Å²) in [6.45, 7) is 4.77. The van der Waals surface area contributed by atoms with Gasteiger partial charge in [-0.2, -0.15) is 0 Å². The minimum Gasteiger partial charge on any atom is -0.456 e. The summed E-state index contributed by atoms with van der Waals surface area (Å²) in [7, 11) is 0. The molecule has 1 nitrogen and oxygen atoms in total. The molecule has 0 saturated carbocycles. The molecule has 0 aliphatic heterocycles. The Balaban J connectivity index is 1.08. The zero-order chi connectivity index (χ0) is 31.7. The lowest BCUT2D eigenvalue weighted by Gasteiger charge is -2.22. The Bertz CT molecular complexity index is 2910. The molecule has 1 aliphatic carbocycles. The van der Waals surface area contributed by atoms with Gasteiger partial charge in [-0.25, -0.2) is 0 Å². The van der Waals surface area contributed by atoms with Gasteiger partial charge in [0, 0.05) is 16.2 Å². The topological polar surface area (TPSA) is 13.1 Å². The monoisotopic (exact) mass is 610 g/mol. The van der Waals surface area contributed by atoms with Gasteiger partial charge in [0.2, 0.25) is 0 Å². The molecular weight excluding hydrogens is 581 g/mol. The standard InChI is InChI=1S/C47H30O/c1-47(2)40-21-20-35-34(30-18-22-43-39(25-30)36-9-3-4-12-42(36)48-43)10-6-11-37(35)46(40)38-19-17-29(26-41(38)47)33-23-31-15-13-27-7-5-8-28-14-16-32(24-33)45(31)44(27)28/h3-26H,1-2H3. The van der Waals surface area contributed by atoms with E-state index in [9.17, 15) is 0 Å². The fourth-order valence-corrected chi connectivity index (χ4v) is 8.84. The van der Waals surface area contributed by atoms with Crippen LogP contribution in [-0.2, 0) is 5.41 Å². The molecule has 0 bridgehead atoms. The minimum atomic E-state index is -0.115. The van der Waals surface area contributed by atoms with Gasteiger partial charge < -0.3 is 4.42 Å². The van der Waals surface area contributed by atoms with Gasteiger partial charge in [0.1, 0.15) is 11.2 Å². The molecule has 0 radical (unpaired) electrons. The van der Waals surface area contributed by atoms with Gasteiger partial charge in [-0.3, -0.25) is 0 Å². The molecule has 0 N–H and O–H groups in total. The number of hydrogen-bond donors (Lipinski definition) is 0. The van der Waals surface area contributed by atoms with Crippen molar-refractivity contribution < 1.29 is 4.42 Å². The molecule has 0 saturated heterocycles. The maximum atomic E-state index is 6.14. The quantitative estimate of drug-likeness (QED) is 0.178. The van der Waals surface area contributed by atoms with Gasteiger partial charge in [-0.15, -0.1) is 0 Å². The van der Waals surface area contributed by atoms with E-state index in [-0.39, 0.29) is 5.41 Å². The highest BCUT2D eigenvalue weighted by atomic mass is 16.3. The number of fused-ring (bicyclic) bond motifs is 8. The second-order valence-corrected chi connectivity index (χ2v) is 14.1. The Morgan fingerprint density at radius 3 is 1.92 bits per heavy atom. The summed E-state index contributed by atoms with van der Waals surface area (Å²) < 4.78 is 6.14. The lowest BCUT2D eigenvalue weighted by atomic mass is 9.81. The average Bonchev–Trinajstić information content (AvgIpc) is 3.61. The Morgan fingerprint density at radius 1 is 0.396 bits per heavy atom. The Kier molecular flexibility index (Phi) is 4.97. The molecule has 11 rings (SSSR count). The van der Waals surface area contributed by atoms with Crippen molar-refractivity contribution in [1.29, 1.82) is 0 Å². The number of benzene rings is 9. The molecular formula is C47H30O. The van der Waals surface area contributed by atoms with Crippen molar-refractivity contribution in [3.8, 4) is 33.4 Å². The third kappa shape index (κ3) is 3.40. The lowest BCUT2D eigenvalue weighted by Crippen LogP contribution is -2.15. The van der Waals surface area contributed by atoms with Crippen molar-refractivity contribution in [2.45, 2.75) is 19.3 Å². The normalized spacial score (nSPS) is 13.8. The lowest BCUT2D eigenvalue weighted by molar-refractivity contribution is 0.661. The van der Waals surface area contributed by atoms with Crippen LogP contribution in [0.3, 0.4) is 0 Å². The molecule has 10 aromatic rings. The number of furan rings is 1. The average molecular weight is 611 g/mol. The highest BCUT2D eigenvalue weighted by Crippen LogP contribution is 2.53. The highest BCUT2D eigenvalue weighted by Gasteiger charge is 2.37. The van der Waals surface area contributed by atoms with Crippen LogP contribution in [0.2, 0.25) is 0 Å². The Morgan fingerprint density at radius 2 is 1.08 bits per heavy atom. The minimum absolute atomic E-state index is 0.115. The van der Waals surface area contributed by atoms with Crippen molar-refractivity contribution in [2.75, 3.05) is 0 Å². The Hall–Kier alpha value is -5.92. The predicted octanol–water partition coefficient (Wildman–Crippen LogP) is 13.3. The number of para-hydroxylation sites is 1. The van der Waals surface area contributed by atoms with E-state index in [2.05, 4.69) is 147 Å². The molecule has 48 heavy (non-hydrogen) atoms. The summed E-state index contributed by atoms with van der Waals surface area (Å²) in [6, 6.07) is 54.1. The van der Waals surface area contributed by atoms with Crippen molar-refractivity contribution in [2.24, 2.45) is 0 Å².